The van der Waals surface area contributed by atoms with E-state index >= 15 is 0 Å². The molecule has 0 radical (unpaired) electrons. The molecule has 0 N–H and O–H groups in total. The monoisotopic (exact) mass is 270 g/mol. The van der Waals surface area contributed by atoms with Crippen molar-refractivity contribution in [1.29, 1.82) is 0 Å². The minimum Gasteiger partial charge on any atom is -0.166 e. The van der Waals surface area contributed by atoms with Crippen molar-refractivity contribution in [2.45, 2.75) is 0 Å². The summed E-state index contributed by atoms with van der Waals surface area (Å²) in [5, 5.41) is 0. The molecule has 4 heteroatoms. The first-order valence-electron chi connectivity index (χ1n) is 0.309. The van der Waals surface area contributed by atoms with Gasteiger partial charge in [-0.3, -0.25) is 0 Å². The first-order chi connectivity index (χ1) is 1.41. The average Bonchev–Trinajstić information content (AvgIpc) is 0.918. The summed E-state index contributed by atoms with van der Waals surface area (Å²) < 4.78 is 3.19. The van der Waals surface area contributed by atoms with Crippen LogP contribution in [0, 0.1) is 0 Å². The topological polar surface area (TPSA) is 9.23 Å². The van der Waals surface area contributed by atoms with Crippen molar-refractivity contribution in [2.24, 2.45) is 0 Å². The van der Waals surface area contributed by atoms with Crippen LogP contribution in [-0.4, -0.2) is 0 Å². The van der Waals surface area contributed by atoms with Gasteiger partial charge in [0, 0.05) is 0 Å². The fourth-order valence-corrected chi connectivity index (χ4v) is 0. The van der Waals surface area contributed by atoms with Crippen LogP contribution in [0.2, 0.25) is 0 Å². The Morgan fingerprint density at radius 2 is 1.25 bits per heavy atom. The smallest absolute Gasteiger partial charge is 0.166 e. The van der Waals surface area contributed by atoms with Gasteiger partial charge in [-0.25, -0.2) is 0 Å². The largest absolute Gasteiger partial charge is 6.00 e. The Balaban J connectivity index is 0. The molecule has 0 aromatic heterocycles. The quantitative estimate of drug-likeness (QED) is 0.645. The Bertz CT molecular complexity index is 6.00. The Kier molecular flexibility index (Phi) is 19.9. The zero-order chi connectivity index (χ0) is 2.71. The number of hydrogen-bond donors (Lipinski definition) is 0. The molecular formula is Cl2OW+6. The van der Waals surface area contributed by atoms with E-state index in [1.165, 1.54) is 0 Å². The van der Waals surface area contributed by atoms with Gasteiger partial charge in [-0.2, -0.15) is 3.84 Å². The van der Waals surface area contributed by atoms with Gasteiger partial charge in [-0.15, -0.1) is 0 Å². The summed E-state index contributed by atoms with van der Waals surface area (Å²) in [4.78, 5) is 0. The Hall–Kier alpha value is 1.23. The normalized spacial score (nSPS) is 4.50. The first-order valence-corrected chi connectivity index (χ1v) is 0.926. The molecule has 20 valence electrons. The van der Waals surface area contributed by atoms with Gasteiger partial charge < -0.3 is 0 Å². The van der Waals surface area contributed by atoms with Crippen LogP contribution in [0.3, 0.4) is 0 Å². The molecule has 0 atom stereocenters. The third kappa shape index (κ3) is 10.6. The molecule has 0 saturated heterocycles. The maximum Gasteiger partial charge on any atom is 6.00 e. The van der Waals surface area contributed by atoms with Gasteiger partial charge in [0.1, 0.15) is 0 Å². The van der Waals surface area contributed by atoms with Crippen LogP contribution in [-0.2, 0) is 24.9 Å². The zero-order valence-electron chi connectivity index (χ0n) is 1.57. The van der Waals surface area contributed by atoms with E-state index in [4.69, 9.17) is 0 Å². The molecule has 0 aliphatic carbocycles. The summed E-state index contributed by atoms with van der Waals surface area (Å²) in [5.41, 5.74) is 0. The van der Waals surface area contributed by atoms with E-state index in [0.29, 0.717) is 0 Å². The molecule has 1 nitrogen and oxygen atoms in total. The molecular weight excluding hydrogens is 271 g/mol. The summed E-state index contributed by atoms with van der Waals surface area (Å²) in [5.74, 6) is 0. The van der Waals surface area contributed by atoms with E-state index in [2.05, 4.69) is 27.6 Å². The molecule has 0 rings (SSSR count). The van der Waals surface area contributed by atoms with E-state index in [1.54, 1.807) is 0 Å². The molecule has 0 aliphatic rings. The molecule has 0 aromatic carbocycles. The molecule has 0 fully saturated rings. The SMILES string of the molecule is ClOCl.[W+6]. The van der Waals surface area contributed by atoms with Crippen LogP contribution < -0.4 is 0 Å². The Morgan fingerprint density at radius 3 is 1.25 bits per heavy atom. The van der Waals surface area contributed by atoms with Crippen molar-refractivity contribution in [1.82, 2.24) is 0 Å². The average molecular weight is 271 g/mol. The van der Waals surface area contributed by atoms with Crippen LogP contribution in [0.15, 0.2) is 0 Å². The predicted molar refractivity (Wildman–Crippen MR) is 12.8 cm³/mol. The minimum atomic E-state index is 0. The Morgan fingerprint density at radius 1 is 1.25 bits per heavy atom. The van der Waals surface area contributed by atoms with E-state index in [0.717, 1.165) is 0 Å². The van der Waals surface area contributed by atoms with Crippen molar-refractivity contribution in [3.05, 3.63) is 0 Å². The summed E-state index contributed by atoms with van der Waals surface area (Å²) in [6.07, 6.45) is 0. The van der Waals surface area contributed by atoms with Gasteiger partial charge in [-0.05, 0) is 0 Å². The molecule has 0 saturated carbocycles. The third-order valence-electron chi connectivity index (χ3n) is 0. The van der Waals surface area contributed by atoms with Crippen molar-refractivity contribution in [2.75, 3.05) is 0 Å². The van der Waals surface area contributed by atoms with Gasteiger partial charge in [0.25, 0.3) is 0 Å². The van der Waals surface area contributed by atoms with Gasteiger partial charge in [-0.1, -0.05) is 0 Å². The van der Waals surface area contributed by atoms with Crippen LogP contribution >= 0.6 is 23.7 Å². The minimum absolute atomic E-state index is 0. The summed E-state index contributed by atoms with van der Waals surface area (Å²) >= 11 is 8.53. The second-order valence-electron chi connectivity index (χ2n) is 0.0583. The second kappa shape index (κ2) is 8.87. The number of hydrogen-bond acceptors (Lipinski definition) is 1. The van der Waals surface area contributed by atoms with Crippen molar-refractivity contribution in [3.63, 3.8) is 0 Å². The van der Waals surface area contributed by atoms with E-state index in [9.17, 15) is 0 Å². The van der Waals surface area contributed by atoms with Crippen molar-refractivity contribution < 1.29 is 24.9 Å². The van der Waals surface area contributed by atoms with Gasteiger partial charge in [0.15, 0.2) is 0 Å². The maximum absolute atomic E-state index is 4.26. The standard InChI is InChI=1S/Cl2O.W/c1-3-2;/q;+6. The molecule has 0 aliphatic heterocycles. The van der Waals surface area contributed by atoms with Crippen LogP contribution in [0.1, 0.15) is 0 Å². The second-order valence-corrected chi connectivity index (χ2v) is 0.525. The van der Waals surface area contributed by atoms with Crippen molar-refractivity contribution >= 4 is 23.7 Å². The molecule has 0 bridgehead atoms. The fraction of sp³-hybridized carbons (Fsp3) is 0. The Labute approximate surface area is 48.8 Å². The van der Waals surface area contributed by atoms with E-state index in [-0.39, 0.29) is 21.1 Å². The van der Waals surface area contributed by atoms with Gasteiger partial charge in [0.05, 0.1) is 23.7 Å². The molecule has 0 heterocycles. The van der Waals surface area contributed by atoms with E-state index < -0.39 is 0 Å². The summed E-state index contributed by atoms with van der Waals surface area (Å²) in [6.45, 7) is 0. The van der Waals surface area contributed by atoms with Gasteiger partial charge in [0.2, 0.25) is 0 Å². The van der Waals surface area contributed by atoms with Crippen LogP contribution in [0.5, 0.6) is 0 Å². The molecule has 0 unspecified atom stereocenters. The molecule has 0 aromatic rings. The molecule has 0 amide bonds. The third-order valence-corrected chi connectivity index (χ3v) is 0. The number of rotatable bonds is 0. The van der Waals surface area contributed by atoms with E-state index in [1.807, 2.05) is 0 Å². The number of halogens is 2. The molecule has 4 heavy (non-hydrogen) atoms. The zero-order valence-corrected chi connectivity index (χ0v) is 6.02. The summed E-state index contributed by atoms with van der Waals surface area (Å²) in [7, 11) is 0. The van der Waals surface area contributed by atoms with Crippen molar-refractivity contribution in [3.8, 4) is 0 Å². The van der Waals surface area contributed by atoms with Crippen LogP contribution in [0.4, 0.5) is 0 Å². The van der Waals surface area contributed by atoms with Gasteiger partial charge >= 0.3 is 21.1 Å². The van der Waals surface area contributed by atoms with Crippen LogP contribution in [0.25, 0.3) is 0 Å². The molecule has 0 spiro atoms. The fourth-order valence-electron chi connectivity index (χ4n) is 0. The predicted octanol–water partition coefficient (Wildman–Crippen LogP) is 1.31. The maximum atomic E-state index is 4.26. The first kappa shape index (κ1) is 8.97. The summed E-state index contributed by atoms with van der Waals surface area (Å²) in [6, 6.07) is 0.